The Labute approximate surface area is 166 Å². The minimum absolute atomic E-state index is 0.277. The summed E-state index contributed by atoms with van der Waals surface area (Å²) in [5, 5.41) is 17.0. The number of nitrogens with zero attached hydrogens (tertiary/aromatic N) is 1. The molecule has 1 heterocycles. The van der Waals surface area contributed by atoms with Crippen LogP contribution in [-0.4, -0.2) is 28.6 Å². The fourth-order valence-corrected chi connectivity index (χ4v) is 3.26. The topological polar surface area (TPSA) is 108 Å². The molecule has 0 saturated carbocycles. The van der Waals surface area contributed by atoms with Crippen molar-refractivity contribution in [2.45, 2.75) is 26.7 Å². The quantitative estimate of drug-likeness (QED) is 0.359. The molecule has 0 atom stereocenters. The van der Waals surface area contributed by atoms with Crippen molar-refractivity contribution in [2.24, 2.45) is 5.10 Å². The number of amides is 2. The second-order valence-electron chi connectivity index (χ2n) is 5.93. The molecule has 146 valence electrons. The molecule has 28 heavy (non-hydrogen) atoms. The number of carbonyl (C=O) groups excluding carboxylic acids is 2. The van der Waals surface area contributed by atoms with Gasteiger partial charge in [0.2, 0.25) is 5.91 Å². The first-order valence-electron chi connectivity index (χ1n) is 8.63. The average molecular weight is 399 g/mol. The summed E-state index contributed by atoms with van der Waals surface area (Å²) in [5.74, 6) is -2.03. The number of aliphatic carboxylic acids is 1. The third kappa shape index (κ3) is 6.48. The van der Waals surface area contributed by atoms with E-state index >= 15 is 0 Å². The molecular formula is C20H21N3O4S. The maximum absolute atomic E-state index is 12.2. The number of rotatable bonds is 8. The van der Waals surface area contributed by atoms with Crippen molar-refractivity contribution in [1.82, 2.24) is 5.43 Å². The van der Waals surface area contributed by atoms with Crippen molar-refractivity contribution in [3.05, 3.63) is 63.9 Å². The first kappa shape index (κ1) is 21.0. The number of hydrogen-bond acceptors (Lipinski definition) is 5. The van der Waals surface area contributed by atoms with Gasteiger partial charge in [0, 0.05) is 28.1 Å². The zero-order valence-corrected chi connectivity index (χ0v) is 16.4. The molecule has 0 aliphatic carbocycles. The van der Waals surface area contributed by atoms with Gasteiger partial charge in [-0.3, -0.25) is 9.59 Å². The van der Waals surface area contributed by atoms with Crippen LogP contribution in [0.5, 0.6) is 0 Å². The molecule has 7 nitrogen and oxygen atoms in total. The standard InChI is InChI=1S/C20H21N3O4S/c1-3-5-17-11-15(12-28-17)20(27)23-22-13(2)14-6-4-7-16(10-14)21-18(24)8-9-19(25)26/h4,6-12H,3,5H2,1-2H3,(H,21,24)(H,23,27)(H,25,26). The number of hydrogen-bond donors (Lipinski definition) is 3. The Bertz CT molecular complexity index is 931. The highest BCUT2D eigenvalue weighted by molar-refractivity contribution is 7.10. The summed E-state index contributed by atoms with van der Waals surface area (Å²) in [6.45, 7) is 3.83. The minimum Gasteiger partial charge on any atom is -0.478 e. The number of carboxylic acid groups (broad SMARTS) is 1. The van der Waals surface area contributed by atoms with Gasteiger partial charge in [0.25, 0.3) is 5.91 Å². The summed E-state index contributed by atoms with van der Waals surface area (Å²) in [5.41, 5.74) is 4.87. The summed E-state index contributed by atoms with van der Waals surface area (Å²) < 4.78 is 0. The number of anilines is 1. The molecular weight excluding hydrogens is 378 g/mol. The van der Waals surface area contributed by atoms with Crippen LogP contribution >= 0.6 is 11.3 Å². The molecule has 0 aliphatic heterocycles. The normalized spacial score (nSPS) is 11.4. The van der Waals surface area contributed by atoms with Gasteiger partial charge in [-0.1, -0.05) is 25.5 Å². The number of nitrogens with one attached hydrogen (secondary N) is 2. The lowest BCUT2D eigenvalue weighted by molar-refractivity contribution is -0.131. The second kappa shape index (κ2) is 10.2. The number of carbonyl (C=O) groups is 3. The Morgan fingerprint density at radius 2 is 1.96 bits per heavy atom. The number of carboxylic acids is 1. The minimum atomic E-state index is -1.20. The molecule has 0 saturated heterocycles. The van der Waals surface area contributed by atoms with E-state index in [1.165, 1.54) is 0 Å². The van der Waals surface area contributed by atoms with Crippen LogP contribution in [0.2, 0.25) is 0 Å². The van der Waals surface area contributed by atoms with Crippen LogP contribution in [0.25, 0.3) is 0 Å². The van der Waals surface area contributed by atoms with Gasteiger partial charge >= 0.3 is 5.97 Å². The fraction of sp³-hybridized carbons (Fsp3) is 0.200. The lowest BCUT2D eigenvalue weighted by Crippen LogP contribution is -2.18. The highest BCUT2D eigenvalue weighted by Gasteiger charge is 2.08. The van der Waals surface area contributed by atoms with E-state index in [2.05, 4.69) is 22.8 Å². The van der Waals surface area contributed by atoms with E-state index < -0.39 is 11.9 Å². The van der Waals surface area contributed by atoms with Crippen molar-refractivity contribution < 1.29 is 19.5 Å². The van der Waals surface area contributed by atoms with Crippen LogP contribution in [0.4, 0.5) is 5.69 Å². The number of benzene rings is 1. The number of hydrazone groups is 1. The maximum Gasteiger partial charge on any atom is 0.328 e. The molecule has 8 heteroatoms. The molecule has 0 radical (unpaired) electrons. The third-order valence-electron chi connectivity index (χ3n) is 3.66. The molecule has 1 aromatic carbocycles. The van der Waals surface area contributed by atoms with Crippen molar-refractivity contribution in [2.75, 3.05) is 5.32 Å². The van der Waals surface area contributed by atoms with E-state index in [1.54, 1.807) is 42.5 Å². The van der Waals surface area contributed by atoms with Gasteiger partial charge < -0.3 is 10.4 Å². The molecule has 0 fully saturated rings. The van der Waals surface area contributed by atoms with Crippen LogP contribution in [0.1, 0.15) is 41.1 Å². The number of aryl methyl sites for hydroxylation is 1. The summed E-state index contributed by atoms with van der Waals surface area (Å²) in [7, 11) is 0. The van der Waals surface area contributed by atoms with Gasteiger partial charge in [0.15, 0.2) is 0 Å². The summed E-state index contributed by atoms with van der Waals surface area (Å²) in [6.07, 6.45) is 3.67. The molecule has 3 N–H and O–H groups in total. The van der Waals surface area contributed by atoms with Crippen LogP contribution in [-0.2, 0) is 16.0 Å². The molecule has 1 aromatic heterocycles. The molecule has 0 bridgehead atoms. The van der Waals surface area contributed by atoms with Gasteiger partial charge in [0.1, 0.15) is 0 Å². The van der Waals surface area contributed by atoms with E-state index in [9.17, 15) is 14.4 Å². The molecule has 2 rings (SSSR count). The van der Waals surface area contributed by atoms with Crippen LogP contribution in [0.15, 0.2) is 53.0 Å². The molecule has 0 spiro atoms. The van der Waals surface area contributed by atoms with Gasteiger partial charge in [-0.2, -0.15) is 5.10 Å². The Balaban J connectivity index is 2.02. The predicted octanol–water partition coefficient (Wildman–Crippen LogP) is 3.43. The average Bonchev–Trinajstić information content (AvgIpc) is 3.13. The van der Waals surface area contributed by atoms with E-state index in [0.29, 0.717) is 22.5 Å². The maximum atomic E-state index is 12.2. The summed E-state index contributed by atoms with van der Waals surface area (Å²) >= 11 is 1.55. The van der Waals surface area contributed by atoms with Crippen LogP contribution in [0, 0.1) is 0 Å². The van der Waals surface area contributed by atoms with Crippen molar-refractivity contribution in [3.63, 3.8) is 0 Å². The van der Waals surface area contributed by atoms with Crippen molar-refractivity contribution >= 4 is 40.5 Å². The van der Waals surface area contributed by atoms with Crippen molar-refractivity contribution in [1.29, 1.82) is 0 Å². The summed E-state index contributed by atoms with van der Waals surface area (Å²) in [4.78, 5) is 35.5. The monoisotopic (exact) mass is 399 g/mol. The Kier molecular flexibility index (Phi) is 7.65. The van der Waals surface area contributed by atoms with E-state index in [1.807, 2.05) is 11.4 Å². The Morgan fingerprint density at radius 1 is 1.18 bits per heavy atom. The number of thiophene rings is 1. The van der Waals surface area contributed by atoms with Gasteiger partial charge in [-0.25, -0.2) is 10.2 Å². The highest BCUT2D eigenvalue weighted by atomic mass is 32.1. The first-order chi connectivity index (χ1) is 13.4. The largest absolute Gasteiger partial charge is 0.478 e. The van der Waals surface area contributed by atoms with Crippen molar-refractivity contribution in [3.8, 4) is 0 Å². The van der Waals surface area contributed by atoms with Gasteiger partial charge in [0.05, 0.1) is 11.3 Å². The van der Waals surface area contributed by atoms with E-state index in [0.717, 1.165) is 29.9 Å². The molecule has 2 amide bonds. The fourth-order valence-electron chi connectivity index (χ4n) is 2.29. The summed E-state index contributed by atoms with van der Waals surface area (Å²) in [6, 6.07) is 8.74. The molecule has 2 aromatic rings. The highest BCUT2D eigenvalue weighted by Crippen LogP contribution is 2.16. The first-order valence-corrected chi connectivity index (χ1v) is 9.51. The van der Waals surface area contributed by atoms with E-state index in [4.69, 9.17) is 5.11 Å². The predicted molar refractivity (Wildman–Crippen MR) is 110 cm³/mol. The van der Waals surface area contributed by atoms with Gasteiger partial charge in [-0.15, -0.1) is 11.3 Å². The SMILES string of the molecule is CCCc1cc(C(=O)NN=C(C)c2cccc(NC(=O)C=CC(=O)O)c2)cs1. The van der Waals surface area contributed by atoms with Crippen LogP contribution in [0.3, 0.4) is 0 Å². The smallest absolute Gasteiger partial charge is 0.328 e. The van der Waals surface area contributed by atoms with E-state index in [-0.39, 0.29) is 5.91 Å². The zero-order valence-electron chi connectivity index (χ0n) is 15.6. The Hall–Kier alpha value is -3.26. The lowest BCUT2D eigenvalue weighted by Gasteiger charge is -2.06. The zero-order chi connectivity index (χ0) is 20.5. The Morgan fingerprint density at radius 3 is 2.68 bits per heavy atom. The molecule has 0 aliphatic rings. The van der Waals surface area contributed by atoms with Crippen LogP contribution < -0.4 is 10.7 Å². The second-order valence-corrected chi connectivity index (χ2v) is 6.93. The van der Waals surface area contributed by atoms with Gasteiger partial charge in [-0.05, 0) is 37.1 Å². The molecule has 0 unspecified atom stereocenters. The lowest BCUT2D eigenvalue weighted by atomic mass is 10.1. The third-order valence-corrected chi connectivity index (χ3v) is 4.66.